The van der Waals surface area contributed by atoms with Gasteiger partial charge in [-0.2, -0.15) is 0 Å². The van der Waals surface area contributed by atoms with Gasteiger partial charge in [-0.05, 0) is 30.7 Å². The maximum Gasteiger partial charge on any atom is 0.328 e. The molecule has 2 N–H and O–H groups in total. The molecular formula is C17H17NO4. The Morgan fingerprint density at radius 2 is 1.36 bits per heavy atom. The van der Waals surface area contributed by atoms with Gasteiger partial charge in [0.1, 0.15) is 17.5 Å². The fourth-order valence-corrected chi connectivity index (χ4v) is 1.74. The number of rotatable bonds is 6. The number of para-hydroxylation sites is 2. The molecular weight excluding hydrogens is 282 g/mol. The van der Waals surface area contributed by atoms with E-state index in [4.69, 9.17) is 15.2 Å². The van der Waals surface area contributed by atoms with Gasteiger partial charge < -0.3 is 15.2 Å². The molecule has 0 fully saturated rings. The lowest BCUT2D eigenvalue weighted by Gasteiger charge is -2.11. The normalized spacial score (nSPS) is 11.5. The molecule has 114 valence electrons. The van der Waals surface area contributed by atoms with Gasteiger partial charge in [0.05, 0.1) is 0 Å². The minimum atomic E-state index is -0.872. The Bertz CT molecular complexity index is 613. The Hall–Kier alpha value is -2.66. The van der Waals surface area contributed by atoms with Crippen molar-refractivity contribution < 1.29 is 19.1 Å². The van der Waals surface area contributed by atoms with Gasteiger partial charge in [0.15, 0.2) is 0 Å². The lowest BCUT2D eigenvalue weighted by Crippen LogP contribution is -2.35. The van der Waals surface area contributed by atoms with Crippen molar-refractivity contribution in [1.29, 1.82) is 0 Å². The lowest BCUT2D eigenvalue weighted by atomic mass is 10.2. The van der Waals surface area contributed by atoms with Gasteiger partial charge in [0.25, 0.3) is 0 Å². The fraction of sp³-hybridized carbons (Fsp3) is 0.176. The van der Waals surface area contributed by atoms with Crippen LogP contribution in [0.3, 0.4) is 0 Å². The zero-order chi connectivity index (χ0) is 15.8. The molecule has 0 aliphatic rings. The second-order valence-electron chi connectivity index (χ2n) is 4.67. The summed E-state index contributed by atoms with van der Waals surface area (Å²) in [6, 6.07) is 16.5. The highest BCUT2D eigenvalue weighted by Crippen LogP contribution is 2.12. The van der Waals surface area contributed by atoms with Gasteiger partial charge in [0.2, 0.25) is 0 Å². The number of ether oxygens (including phenoxy) is 2. The van der Waals surface area contributed by atoms with Crippen molar-refractivity contribution in [2.75, 3.05) is 0 Å². The number of hydrogen-bond donors (Lipinski definition) is 1. The molecule has 5 nitrogen and oxygen atoms in total. The van der Waals surface area contributed by atoms with E-state index in [2.05, 4.69) is 0 Å². The summed E-state index contributed by atoms with van der Waals surface area (Å²) in [5, 5.41) is 0. The van der Waals surface area contributed by atoms with Crippen LogP contribution in [-0.2, 0) is 9.59 Å². The molecule has 0 saturated heterocycles. The molecule has 0 aliphatic carbocycles. The van der Waals surface area contributed by atoms with E-state index in [-0.39, 0.29) is 12.8 Å². The summed E-state index contributed by atoms with van der Waals surface area (Å²) in [5.74, 6) is -0.115. The van der Waals surface area contributed by atoms with Crippen LogP contribution in [0.4, 0.5) is 0 Å². The summed E-state index contributed by atoms with van der Waals surface area (Å²) < 4.78 is 10.2. The summed E-state index contributed by atoms with van der Waals surface area (Å²) in [6.45, 7) is 0. The van der Waals surface area contributed by atoms with E-state index >= 15 is 0 Å². The topological polar surface area (TPSA) is 78.6 Å². The Morgan fingerprint density at radius 1 is 0.864 bits per heavy atom. The molecule has 2 aromatic rings. The van der Waals surface area contributed by atoms with Crippen LogP contribution in [0.15, 0.2) is 60.7 Å². The molecule has 2 aromatic carbocycles. The average molecular weight is 299 g/mol. The highest BCUT2D eigenvalue weighted by Gasteiger charge is 2.18. The molecule has 0 spiro atoms. The first-order chi connectivity index (χ1) is 10.6. The second-order valence-corrected chi connectivity index (χ2v) is 4.67. The number of carbonyl (C=O) groups is 2. The molecule has 1 atom stereocenters. The molecule has 0 radical (unpaired) electrons. The van der Waals surface area contributed by atoms with Crippen LogP contribution < -0.4 is 15.2 Å². The lowest BCUT2D eigenvalue weighted by molar-refractivity contribution is -0.137. The van der Waals surface area contributed by atoms with Crippen molar-refractivity contribution in [3.8, 4) is 11.5 Å². The third-order valence-corrected chi connectivity index (χ3v) is 2.90. The van der Waals surface area contributed by atoms with Crippen LogP contribution in [0.2, 0.25) is 0 Å². The molecule has 0 unspecified atom stereocenters. The first-order valence-corrected chi connectivity index (χ1v) is 6.93. The van der Waals surface area contributed by atoms with E-state index in [0.717, 1.165) is 0 Å². The first kappa shape index (κ1) is 15.7. The van der Waals surface area contributed by atoms with Crippen molar-refractivity contribution in [3.05, 3.63) is 60.7 Å². The first-order valence-electron chi connectivity index (χ1n) is 6.93. The van der Waals surface area contributed by atoms with E-state index in [1.54, 1.807) is 48.5 Å². The van der Waals surface area contributed by atoms with Crippen LogP contribution in [0.1, 0.15) is 12.8 Å². The number of hydrogen-bond acceptors (Lipinski definition) is 5. The van der Waals surface area contributed by atoms with Gasteiger partial charge in [0, 0.05) is 6.42 Å². The molecule has 0 amide bonds. The highest BCUT2D eigenvalue weighted by atomic mass is 16.5. The summed E-state index contributed by atoms with van der Waals surface area (Å²) in [7, 11) is 0. The third-order valence-electron chi connectivity index (χ3n) is 2.90. The van der Waals surface area contributed by atoms with Crippen molar-refractivity contribution in [2.45, 2.75) is 18.9 Å². The highest BCUT2D eigenvalue weighted by molar-refractivity contribution is 5.79. The van der Waals surface area contributed by atoms with Crippen LogP contribution in [0.5, 0.6) is 11.5 Å². The Labute approximate surface area is 128 Å². The molecule has 2 rings (SSSR count). The molecule has 5 heteroatoms. The van der Waals surface area contributed by atoms with Gasteiger partial charge >= 0.3 is 11.9 Å². The molecule has 0 saturated carbocycles. The van der Waals surface area contributed by atoms with E-state index in [1.807, 2.05) is 12.1 Å². The summed E-state index contributed by atoms with van der Waals surface area (Å²) >= 11 is 0. The van der Waals surface area contributed by atoms with Crippen LogP contribution in [0.25, 0.3) is 0 Å². The molecule has 0 bridgehead atoms. The minimum absolute atomic E-state index is 0.0416. The van der Waals surface area contributed by atoms with E-state index < -0.39 is 18.0 Å². The summed E-state index contributed by atoms with van der Waals surface area (Å²) in [6.07, 6.45) is 0.206. The average Bonchev–Trinajstić information content (AvgIpc) is 2.54. The maximum absolute atomic E-state index is 11.8. The monoisotopic (exact) mass is 299 g/mol. The van der Waals surface area contributed by atoms with Crippen LogP contribution >= 0.6 is 0 Å². The Kier molecular flexibility index (Phi) is 5.68. The number of benzene rings is 2. The van der Waals surface area contributed by atoms with Crippen molar-refractivity contribution >= 4 is 11.9 Å². The van der Waals surface area contributed by atoms with Gasteiger partial charge in [-0.15, -0.1) is 0 Å². The van der Waals surface area contributed by atoms with Crippen molar-refractivity contribution in [1.82, 2.24) is 0 Å². The smallest absolute Gasteiger partial charge is 0.328 e. The number of esters is 2. The third kappa shape index (κ3) is 5.03. The van der Waals surface area contributed by atoms with E-state index in [0.29, 0.717) is 11.5 Å². The fourth-order valence-electron chi connectivity index (χ4n) is 1.74. The van der Waals surface area contributed by atoms with Crippen molar-refractivity contribution in [2.24, 2.45) is 5.73 Å². The number of carbonyl (C=O) groups excluding carboxylic acids is 2. The molecule has 22 heavy (non-hydrogen) atoms. The van der Waals surface area contributed by atoms with Gasteiger partial charge in [-0.25, -0.2) is 4.79 Å². The van der Waals surface area contributed by atoms with Crippen LogP contribution in [0, 0.1) is 0 Å². The minimum Gasteiger partial charge on any atom is -0.427 e. The van der Waals surface area contributed by atoms with Gasteiger partial charge in [-0.3, -0.25) is 4.79 Å². The van der Waals surface area contributed by atoms with Crippen molar-refractivity contribution in [3.63, 3.8) is 0 Å². The SMILES string of the molecule is N[C@@H](CCC(=O)Oc1ccccc1)C(=O)Oc1ccccc1. The molecule has 0 aliphatic heterocycles. The maximum atomic E-state index is 11.8. The molecule has 0 heterocycles. The zero-order valence-corrected chi connectivity index (χ0v) is 12.0. The predicted octanol–water partition coefficient (Wildman–Crippen LogP) is 2.31. The standard InChI is InChI=1S/C17H17NO4/c18-15(17(20)22-14-9-5-2-6-10-14)11-12-16(19)21-13-7-3-1-4-8-13/h1-10,15H,11-12,18H2/t15-/m0/s1. The van der Waals surface area contributed by atoms with E-state index in [1.165, 1.54) is 0 Å². The quantitative estimate of drug-likeness (QED) is 0.654. The summed E-state index contributed by atoms with van der Waals surface area (Å²) in [4.78, 5) is 23.5. The van der Waals surface area contributed by atoms with E-state index in [9.17, 15) is 9.59 Å². The second kappa shape index (κ2) is 7.95. The largest absolute Gasteiger partial charge is 0.427 e. The number of nitrogens with two attached hydrogens (primary N) is 1. The Morgan fingerprint density at radius 3 is 1.91 bits per heavy atom. The molecule has 0 aromatic heterocycles. The summed E-state index contributed by atoms with van der Waals surface area (Å²) in [5.41, 5.74) is 5.72. The zero-order valence-electron chi connectivity index (χ0n) is 12.0. The van der Waals surface area contributed by atoms with Gasteiger partial charge in [-0.1, -0.05) is 36.4 Å². The van der Waals surface area contributed by atoms with Crippen LogP contribution in [-0.4, -0.2) is 18.0 Å². The predicted molar refractivity (Wildman–Crippen MR) is 81.4 cm³/mol. The Balaban J connectivity index is 1.76.